The van der Waals surface area contributed by atoms with Crippen molar-refractivity contribution in [3.8, 4) is 28.7 Å². The van der Waals surface area contributed by atoms with E-state index < -0.39 is 57.4 Å². The summed E-state index contributed by atoms with van der Waals surface area (Å²) >= 11 is 0. The Morgan fingerprint density at radius 1 is 0.525 bits per heavy atom. The number of hydrogen-bond acceptors (Lipinski definition) is 11. The first kappa shape index (κ1) is 51.1. The van der Waals surface area contributed by atoms with E-state index >= 15 is 13.2 Å². The lowest BCUT2D eigenvalue weighted by Crippen LogP contribution is -2.41. The van der Waals surface area contributed by atoms with Gasteiger partial charge in [-0.2, -0.15) is 13.2 Å². The van der Waals surface area contributed by atoms with Gasteiger partial charge in [-0.3, -0.25) is 43.4 Å². The summed E-state index contributed by atoms with van der Waals surface area (Å²) in [7, 11) is 0. The van der Waals surface area contributed by atoms with Gasteiger partial charge >= 0.3 is 12.1 Å². The lowest BCUT2D eigenvalue weighted by molar-refractivity contribution is -0.173. The molecule has 2 saturated carbocycles. The predicted octanol–water partition coefficient (Wildman–Crippen LogP) is 10.5. The number of ether oxygens (including phenoxy) is 3. The molecule has 2 aliphatic heterocycles. The first-order valence-corrected chi connectivity index (χ1v) is 25.6. The van der Waals surface area contributed by atoms with Crippen LogP contribution in [-0.2, 0) is 29.4 Å². The molecule has 4 aliphatic carbocycles. The maximum absolute atomic E-state index is 15.4. The number of amides is 6. The van der Waals surface area contributed by atoms with Crippen LogP contribution < -0.4 is 34.6 Å². The van der Waals surface area contributed by atoms with Gasteiger partial charge in [0, 0.05) is 11.4 Å². The number of benzene rings is 6. The molecule has 0 radical (unpaired) electrons. The smallest absolute Gasteiger partial charge is 0.402 e. The maximum Gasteiger partial charge on any atom is 0.402 e. The highest BCUT2D eigenvalue weighted by Gasteiger charge is 2.61. The number of nitrogens with one attached hydrogen (secondary N) is 2. The van der Waals surface area contributed by atoms with Crippen molar-refractivity contribution >= 4 is 70.6 Å². The molecule has 9 unspecified atom stereocenters. The van der Waals surface area contributed by atoms with Crippen LogP contribution in [0.15, 0.2) is 158 Å². The summed E-state index contributed by atoms with van der Waals surface area (Å²) in [5, 5.41) is 15.4. The van der Waals surface area contributed by atoms with E-state index in [0.29, 0.717) is 34.4 Å². The van der Waals surface area contributed by atoms with Crippen LogP contribution in [0.1, 0.15) is 62.0 Å². The Morgan fingerprint density at radius 3 is 1.26 bits per heavy atom. The molecular formula is C61H45F3N4O12. The molecule has 6 aliphatic rings. The molecule has 402 valence electrons. The standard InChI is InChI=1S/C61H45F3N4O12/c1-60(61(62,63)64,35-6-24-45(47(28-35)59(76)77)53(70)65-37-8-16-41(17-9-37)79-43-20-12-39(13-21-43)67-55(72)49-31-2-3-32(26-31)50(49)56(67)73)36-7-25-46(48(29-36)78-30-69)54(71)66-38-10-18-42(19-11-38)80-44-22-14-40(15-23-44)68-57(74)51-33-4-5-34(27-33)52(51)58(68)75/h2-25,28-34,49-52H,26-27H2,1H3,(H,65,70)(H,66,71)(H,76,77). The summed E-state index contributed by atoms with van der Waals surface area (Å²) in [4.78, 5) is 107. The van der Waals surface area contributed by atoms with E-state index in [1.807, 2.05) is 24.3 Å². The van der Waals surface area contributed by atoms with Gasteiger partial charge in [0.15, 0.2) is 0 Å². The lowest BCUT2D eigenvalue weighted by atomic mass is 9.74. The van der Waals surface area contributed by atoms with Gasteiger partial charge in [0.2, 0.25) is 23.6 Å². The number of nitrogens with zero attached hydrogens (tertiary/aromatic N) is 2. The molecule has 4 bridgehead atoms. The van der Waals surface area contributed by atoms with Gasteiger partial charge < -0.3 is 30.0 Å². The molecule has 9 atom stereocenters. The zero-order chi connectivity index (χ0) is 55.9. The largest absolute Gasteiger partial charge is 0.478 e. The Balaban J connectivity index is 0.696. The van der Waals surface area contributed by atoms with Gasteiger partial charge in [0.1, 0.15) is 34.2 Å². The number of carboxylic acids is 1. The van der Waals surface area contributed by atoms with Crippen molar-refractivity contribution in [3.63, 3.8) is 0 Å². The van der Waals surface area contributed by atoms with Gasteiger partial charge in [-0.15, -0.1) is 0 Å². The van der Waals surface area contributed by atoms with E-state index in [9.17, 15) is 43.5 Å². The second-order valence-corrected chi connectivity index (χ2v) is 20.8. The lowest BCUT2D eigenvalue weighted by Gasteiger charge is -2.34. The molecule has 6 amide bonds. The fraction of sp³-hybridized carbons (Fsp3) is 0.213. The zero-order valence-electron chi connectivity index (χ0n) is 42.1. The number of carbonyl (C=O) groups is 8. The van der Waals surface area contributed by atoms with E-state index in [0.717, 1.165) is 56.2 Å². The van der Waals surface area contributed by atoms with Crippen molar-refractivity contribution in [3.05, 3.63) is 186 Å². The Labute approximate surface area is 453 Å². The molecule has 2 saturated heterocycles. The second kappa shape index (κ2) is 19.4. The van der Waals surface area contributed by atoms with Gasteiger partial charge in [-0.05, 0) is 176 Å². The number of carboxylic acid groups (broad SMARTS) is 1. The Morgan fingerprint density at radius 2 is 0.887 bits per heavy atom. The van der Waals surface area contributed by atoms with Crippen molar-refractivity contribution in [2.24, 2.45) is 47.3 Å². The molecule has 12 rings (SSSR count). The Hall–Kier alpha value is -9.65. The molecule has 2 heterocycles. The van der Waals surface area contributed by atoms with Gasteiger partial charge in [-0.25, -0.2) is 4.79 Å². The number of fused-ring (bicyclic) bond motifs is 10. The van der Waals surface area contributed by atoms with E-state index in [1.165, 1.54) is 58.3 Å². The summed E-state index contributed by atoms with van der Waals surface area (Å²) in [5.41, 5.74) is -4.34. The van der Waals surface area contributed by atoms with Crippen molar-refractivity contribution < 1.29 is 70.8 Å². The number of carbonyl (C=O) groups excluding carboxylic acids is 7. The van der Waals surface area contributed by atoms with Crippen molar-refractivity contribution in [2.45, 2.75) is 31.4 Å². The summed E-state index contributed by atoms with van der Waals surface area (Å²) in [6.07, 6.45) is 4.62. The monoisotopic (exact) mass is 1080 g/mol. The molecule has 80 heavy (non-hydrogen) atoms. The summed E-state index contributed by atoms with van der Waals surface area (Å²) in [6, 6.07) is 30.5. The summed E-state index contributed by atoms with van der Waals surface area (Å²) < 4.78 is 63.2. The topological polar surface area (TPSA) is 215 Å². The summed E-state index contributed by atoms with van der Waals surface area (Å²) in [5.74, 6) is -4.44. The van der Waals surface area contributed by atoms with Crippen molar-refractivity contribution in [2.75, 3.05) is 20.4 Å². The third-order valence-electron chi connectivity index (χ3n) is 16.4. The van der Waals surface area contributed by atoms with E-state index in [-0.39, 0.29) is 94.4 Å². The molecular weight excluding hydrogens is 1040 g/mol. The minimum absolute atomic E-state index is 0.0596. The highest BCUT2D eigenvalue weighted by Crippen LogP contribution is 2.55. The van der Waals surface area contributed by atoms with Crippen molar-refractivity contribution in [1.82, 2.24) is 0 Å². The van der Waals surface area contributed by atoms with Crippen LogP contribution in [0.5, 0.6) is 28.7 Å². The van der Waals surface area contributed by atoms with Crippen molar-refractivity contribution in [1.29, 1.82) is 0 Å². The van der Waals surface area contributed by atoms with E-state index in [2.05, 4.69) is 10.6 Å². The Kier molecular flexibility index (Phi) is 12.4. The van der Waals surface area contributed by atoms with E-state index in [1.54, 1.807) is 48.5 Å². The number of anilines is 4. The van der Waals surface area contributed by atoms with Gasteiger partial charge in [0.05, 0.1) is 51.7 Å². The minimum atomic E-state index is -5.13. The first-order chi connectivity index (χ1) is 38.4. The van der Waals surface area contributed by atoms with Crippen LogP contribution >= 0.6 is 0 Å². The SMILES string of the molecule is CC(c1ccc(C(=O)Nc2ccc(Oc3ccc(N4C(=O)C5C6C=CC(C6)C5C4=O)cc3)cc2)c(OC=O)c1)(c1ccc(C(=O)Nc2ccc(Oc3ccc(N4C(=O)C5C6C=CC(C6)C5C4=O)cc3)cc2)c(C(=O)O)c1)C(F)(F)F. The molecule has 6 aromatic rings. The van der Waals surface area contributed by atoms with Crippen LogP contribution in [0.4, 0.5) is 35.9 Å². The zero-order valence-corrected chi connectivity index (χ0v) is 42.1. The molecule has 0 spiro atoms. The average Bonchev–Trinajstić information content (AvgIpc) is 3.59. The third-order valence-corrected chi connectivity index (χ3v) is 16.4. The maximum atomic E-state index is 15.4. The summed E-state index contributed by atoms with van der Waals surface area (Å²) in [6.45, 7) is 0.722. The molecule has 4 fully saturated rings. The fourth-order valence-electron chi connectivity index (χ4n) is 12.4. The normalized spacial score (nSPS) is 23.7. The fourth-order valence-corrected chi connectivity index (χ4v) is 12.4. The first-order valence-electron chi connectivity index (χ1n) is 25.6. The molecule has 0 aromatic heterocycles. The van der Waals surface area contributed by atoms with Gasteiger partial charge in [0.25, 0.3) is 18.3 Å². The quantitative estimate of drug-likeness (QED) is 0.0498. The van der Waals surface area contributed by atoms with Gasteiger partial charge in [-0.1, -0.05) is 36.4 Å². The number of hydrogen-bond donors (Lipinski definition) is 3. The molecule has 3 N–H and O–H groups in total. The van der Waals surface area contributed by atoms with Crippen LogP contribution in [0, 0.1) is 47.3 Å². The highest BCUT2D eigenvalue weighted by atomic mass is 19.4. The minimum Gasteiger partial charge on any atom is -0.478 e. The average molecular weight is 1080 g/mol. The van der Waals surface area contributed by atoms with Crippen LogP contribution in [0.2, 0.25) is 0 Å². The van der Waals surface area contributed by atoms with Crippen LogP contribution in [0.25, 0.3) is 0 Å². The number of halogens is 3. The third kappa shape index (κ3) is 8.56. The van der Waals surface area contributed by atoms with Crippen LogP contribution in [0.3, 0.4) is 0 Å². The predicted molar refractivity (Wildman–Crippen MR) is 281 cm³/mol. The number of allylic oxidation sites excluding steroid dienone is 4. The van der Waals surface area contributed by atoms with Crippen LogP contribution in [-0.4, -0.2) is 59.2 Å². The number of rotatable bonds is 15. The highest BCUT2D eigenvalue weighted by molar-refractivity contribution is 6.23. The second-order valence-electron chi connectivity index (χ2n) is 20.8. The number of alkyl halides is 3. The molecule has 16 nitrogen and oxygen atoms in total. The Bertz CT molecular complexity index is 3620. The molecule has 19 heteroatoms. The van der Waals surface area contributed by atoms with E-state index in [4.69, 9.17) is 14.2 Å². The number of aromatic carboxylic acids is 1. The number of imide groups is 2. The molecule has 6 aromatic carbocycles.